The average Bonchev–Trinajstić information content (AvgIpc) is 3.27. The van der Waals surface area contributed by atoms with E-state index in [1.807, 2.05) is 0 Å². The quantitative estimate of drug-likeness (QED) is 0.547. The highest BCUT2D eigenvalue weighted by Gasteiger charge is 2.20. The van der Waals surface area contributed by atoms with Crippen molar-refractivity contribution in [1.29, 1.82) is 0 Å². The van der Waals surface area contributed by atoms with E-state index in [9.17, 15) is 18.8 Å². The van der Waals surface area contributed by atoms with E-state index >= 15 is 0 Å². The number of carbonyl (C=O) groups is 1. The molecule has 0 saturated heterocycles. The molecule has 2 N–H and O–H groups in total. The van der Waals surface area contributed by atoms with Crippen LogP contribution in [-0.4, -0.2) is 30.2 Å². The Morgan fingerprint density at radius 2 is 2.06 bits per heavy atom. The fourth-order valence-electron chi connectivity index (χ4n) is 3.89. The molecule has 1 aliphatic rings. The monoisotopic (exact) mass is 489 g/mol. The van der Waals surface area contributed by atoms with Crippen molar-refractivity contribution >= 4 is 23.0 Å². The number of nitrogens with zero attached hydrogens (tertiary/aromatic N) is 4. The Morgan fingerprint density at radius 1 is 1.32 bits per heavy atom. The van der Waals surface area contributed by atoms with Crippen LogP contribution in [-0.2, 0) is 13.6 Å². The first-order chi connectivity index (χ1) is 16.2. The van der Waals surface area contributed by atoms with Gasteiger partial charge in [0.2, 0.25) is 5.62 Å². The zero-order valence-corrected chi connectivity index (χ0v) is 19.5. The second-order valence-electron chi connectivity index (χ2n) is 8.46. The molecule has 180 valence electrons. The molecule has 34 heavy (non-hydrogen) atoms. The lowest BCUT2D eigenvalue weighted by Gasteiger charge is -2.26. The number of aromatic carboxylic acids is 1. The number of hydrogen-bond donors (Lipinski definition) is 2. The number of nitrogens with one attached hydrogen (secondary N) is 1. The average molecular weight is 490 g/mol. The van der Waals surface area contributed by atoms with Gasteiger partial charge in [0.15, 0.2) is 11.6 Å². The van der Waals surface area contributed by atoms with Gasteiger partial charge in [-0.05, 0) is 36.8 Å². The summed E-state index contributed by atoms with van der Waals surface area (Å²) >= 11 is 0.771. The van der Waals surface area contributed by atoms with Crippen LogP contribution in [0.5, 0.6) is 10.9 Å². The Morgan fingerprint density at radius 3 is 2.71 bits per heavy atom. The molecule has 0 spiro atoms. The predicted octanol–water partition coefficient (Wildman–Crippen LogP) is 3.02. The summed E-state index contributed by atoms with van der Waals surface area (Å²) < 4.78 is 22.4. The molecule has 0 amide bonds. The topological polar surface area (TPSA) is 132 Å². The number of aromatic amines is 1. The second kappa shape index (κ2) is 9.75. The van der Waals surface area contributed by atoms with E-state index in [1.54, 1.807) is 0 Å². The molecular formula is C22H24FN5O5S. The summed E-state index contributed by atoms with van der Waals surface area (Å²) in [6.07, 6.45) is 5.26. The van der Waals surface area contributed by atoms with Gasteiger partial charge in [-0.15, -0.1) is 0 Å². The fraction of sp³-hybridized carbons (Fsp3) is 0.409. The van der Waals surface area contributed by atoms with Crippen LogP contribution in [0.4, 0.5) is 10.1 Å². The molecule has 0 radical (unpaired) electrons. The molecule has 0 atom stereocenters. The van der Waals surface area contributed by atoms with Gasteiger partial charge in [0.05, 0.1) is 11.9 Å². The highest BCUT2D eigenvalue weighted by molar-refractivity contribution is 7.15. The largest absolute Gasteiger partial charge is 0.477 e. The number of thiazole rings is 1. The number of aromatic nitrogens is 4. The number of halogens is 1. The van der Waals surface area contributed by atoms with Crippen LogP contribution in [0.3, 0.4) is 0 Å². The Labute approximate surface area is 197 Å². The van der Waals surface area contributed by atoms with Crippen molar-refractivity contribution in [3.8, 4) is 10.9 Å². The summed E-state index contributed by atoms with van der Waals surface area (Å²) in [5.41, 5.74) is -0.883. The maximum atomic E-state index is 14.7. The summed E-state index contributed by atoms with van der Waals surface area (Å²) in [7, 11) is 1.39. The van der Waals surface area contributed by atoms with Gasteiger partial charge in [0.1, 0.15) is 4.88 Å². The lowest BCUT2D eigenvalue weighted by molar-refractivity contribution is 0.0702. The zero-order valence-electron chi connectivity index (χ0n) is 18.7. The summed E-state index contributed by atoms with van der Waals surface area (Å²) in [5, 5.41) is 8.95. The molecule has 1 saturated carbocycles. The first-order valence-electron chi connectivity index (χ1n) is 10.8. The van der Waals surface area contributed by atoms with Crippen molar-refractivity contribution in [3.05, 3.63) is 61.7 Å². The van der Waals surface area contributed by atoms with Crippen LogP contribution in [0.15, 0.2) is 39.0 Å². The number of rotatable bonds is 6. The molecule has 2 heterocycles. The van der Waals surface area contributed by atoms with Crippen molar-refractivity contribution < 1.29 is 19.0 Å². The van der Waals surface area contributed by atoms with Gasteiger partial charge in [-0.3, -0.25) is 9.55 Å². The normalized spacial score (nSPS) is 18.7. The highest BCUT2D eigenvalue weighted by atomic mass is 32.1. The minimum atomic E-state index is -1.15. The zero-order chi connectivity index (χ0) is 24.4. The summed E-state index contributed by atoms with van der Waals surface area (Å²) in [6, 6.07) is 3.89. The van der Waals surface area contributed by atoms with E-state index in [0.717, 1.165) is 53.9 Å². The smallest absolute Gasteiger partial charge is 0.347 e. The Hall–Kier alpha value is -3.54. The molecule has 3 aromatic rings. The molecule has 0 bridgehead atoms. The summed E-state index contributed by atoms with van der Waals surface area (Å²) in [6.45, 7) is 2.62. The van der Waals surface area contributed by atoms with Gasteiger partial charge in [0.25, 0.3) is 5.19 Å². The third-order valence-corrected chi connectivity index (χ3v) is 6.78. The molecule has 2 aromatic heterocycles. The van der Waals surface area contributed by atoms with Crippen molar-refractivity contribution in [2.75, 3.05) is 0 Å². The first-order valence-corrected chi connectivity index (χ1v) is 11.6. The highest BCUT2D eigenvalue weighted by Crippen LogP contribution is 2.31. The summed E-state index contributed by atoms with van der Waals surface area (Å²) in [4.78, 5) is 46.7. The van der Waals surface area contributed by atoms with E-state index in [4.69, 9.17) is 9.84 Å². The number of carboxylic acid groups (broad SMARTS) is 1. The third kappa shape index (κ3) is 5.16. The molecule has 1 aromatic carbocycles. The van der Waals surface area contributed by atoms with Gasteiger partial charge >= 0.3 is 17.3 Å². The molecule has 10 nitrogen and oxygen atoms in total. The number of hydrogen-bond acceptors (Lipinski definition) is 7. The van der Waals surface area contributed by atoms with Gasteiger partial charge in [-0.25, -0.2) is 33.3 Å². The lowest BCUT2D eigenvalue weighted by atomic mass is 9.83. The van der Waals surface area contributed by atoms with E-state index < -0.39 is 23.2 Å². The maximum absolute atomic E-state index is 14.7. The van der Waals surface area contributed by atoms with Gasteiger partial charge in [0, 0.05) is 19.7 Å². The van der Waals surface area contributed by atoms with Gasteiger partial charge in [-0.1, -0.05) is 31.1 Å². The van der Waals surface area contributed by atoms with Crippen molar-refractivity contribution in [1.82, 2.24) is 19.1 Å². The number of benzene rings is 1. The van der Waals surface area contributed by atoms with Crippen LogP contribution in [0.25, 0.3) is 0 Å². The van der Waals surface area contributed by atoms with E-state index in [2.05, 4.69) is 21.9 Å². The van der Waals surface area contributed by atoms with Crippen molar-refractivity contribution in [2.45, 2.75) is 39.2 Å². The van der Waals surface area contributed by atoms with E-state index in [-0.39, 0.29) is 33.0 Å². The predicted molar refractivity (Wildman–Crippen MR) is 122 cm³/mol. The maximum Gasteiger partial charge on any atom is 0.347 e. The van der Waals surface area contributed by atoms with Crippen molar-refractivity contribution in [3.63, 3.8) is 0 Å². The Kier molecular flexibility index (Phi) is 6.77. The number of carboxylic acids is 1. The van der Waals surface area contributed by atoms with Crippen LogP contribution >= 0.6 is 11.3 Å². The minimum Gasteiger partial charge on any atom is -0.477 e. The molecule has 0 unspecified atom stereocenters. The van der Waals surface area contributed by atoms with Crippen LogP contribution in [0, 0.1) is 17.7 Å². The minimum absolute atomic E-state index is 0.0171. The lowest BCUT2D eigenvalue weighted by Crippen LogP contribution is -2.49. The molecule has 1 fully saturated rings. The number of ether oxygens (including phenoxy) is 1. The molecule has 1 aliphatic carbocycles. The van der Waals surface area contributed by atoms with Gasteiger partial charge < -0.3 is 9.84 Å². The third-order valence-electron chi connectivity index (χ3n) is 5.92. The van der Waals surface area contributed by atoms with Crippen LogP contribution in [0.1, 0.15) is 42.3 Å². The van der Waals surface area contributed by atoms with Crippen molar-refractivity contribution in [2.24, 2.45) is 23.9 Å². The van der Waals surface area contributed by atoms with E-state index in [1.165, 1.54) is 23.7 Å². The van der Waals surface area contributed by atoms with Crippen LogP contribution < -0.4 is 21.7 Å². The van der Waals surface area contributed by atoms with E-state index in [0.29, 0.717) is 12.5 Å². The Balaban J connectivity index is 1.65. The first kappa shape index (κ1) is 23.6. The molecular weight excluding hydrogens is 465 g/mol. The number of H-pyrrole nitrogens is 1. The van der Waals surface area contributed by atoms with Gasteiger partial charge in [-0.2, -0.15) is 0 Å². The van der Waals surface area contributed by atoms with Crippen LogP contribution in [0.2, 0.25) is 0 Å². The Bertz CT molecular complexity index is 1400. The summed E-state index contributed by atoms with van der Waals surface area (Å²) in [5.74, 6) is -1.12. The molecule has 12 heteroatoms. The SMILES string of the molecule is Cn1c(=O)[nH]/c(=N\c2ccc(Oc3ncc(C(=O)O)s3)c(F)c2)n(C[C@H]2CC[C@H](C)CC2)c1=O. The second-order valence-corrected chi connectivity index (χ2v) is 9.45. The fourth-order valence-corrected chi connectivity index (χ4v) is 4.51. The molecule has 0 aliphatic heterocycles. The molecule has 4 rings (SSSR count). The standard InChI is InChI=1S/C22H24FN5O5S/c1-12-3-5-13(6-4-12)11-28-19(26-20(31)27(2)22(28)32)25-14-7-8-16(15(23)9-14)33-21-24-10-17(34-21)18(29)30/h7-10,12-13H,3-6,11H2,1-2H3,(H,29,30)(H,25,26,31)/t12-,13-.